The topological polar surface area (TPSA) is 57.4 Å². The molecule has 1 aliphatic rings. The average molecular weight is 329 g/mol. The van der Waals surface area contributed by atoms with Crippen molar-refractivity contribution in [2.75, 3.05) is 18.4 Å². The SMILES string of the molecule is CC(C)(C)OC(=O)N1CCCC(Nc2ccc3[nH]ccc3c2)CC1. The molecule has 1 aliphatic heterocycles. The van der Waals surface area contributed by atoms with Crippen LogP contribution in [-0.2, 0) is 4.74 Å². The summed E-state index contributed by atoms with van der Waals surface area (Å²) in [5.41, 5.74) is 1.85. The summed E-state index contributed by atoms with van der Waals surface area (Å²) in [6.07, 6.45) is 4.74. The summed E-state index contributed by atoms with van der Waals surface area (Å²) in [4.78, 5) is 17.3. The van der Waals surface area contributed by atoms with Crippen LogP contribution >= 0.6 is 0 Å². The molecule has 1 aromatic carbocycles. The third-order valence-electron chi connectivity index (χ3n) is 4.30. The Kier molecular flexibility index (Phi) is 4.69. The Balaban J connectivity index is 1.58. The highest BCUT2D eigenvalue weighted by Crippen LogP contribution is 2.22. The number of hydrogen-bond donors (Lipinski definition) is 2. The quantitative estimate of drug-likeness (QED) is 0.860. The van der Waals surface area contributed by atoms with Gasteiger partial charge in [-0.25, -0.2) is 4.79 Å². The third kappa shape index (κ3) is 4.22. The minimum absolute atomic E-state index is 0.197. The Morgan fingerprint density at radius 3 is 2.88 bits per heavy atom. The van der Waals surface area contributed by atoms with E-state index in [0.717, 1.165) is 43.6 Å². The van der Waals surface area contributed by atoms with Gasteiger partial charge in [0.1, 0.15) is 5.60 Å². The molecule has 0 radical (unpaired) electrons. The highest BCUT2D eigenvalue weighted by atomic mass is 16.6. The maximum Gasteiger partial charge on any atom is 0.410 e. The monoisotopic (exact) mass is 329 g/mol. The van der Waals surface area contributed by atoms with E-state index in [9.17, 15) is 4.79 Å². The molecule has 1 aromatic heterocycles. The number of ether oxygens (including phenoxy) is 1. The molecule has 5 nitrogen and oxygen atoms in total. The van der Waals surface area contributed by atoms with Crippen LogP contribution in [-0.4, -0.2) is 40.7 Å². The molecule has 0 spiro atoms. The first-order chi connectivity index (χ1) is 11.4. The summed E-state index contributed by atoms with van der Waals surface area (Å²) in [7, 11) is 0. The summed E-state index contributed by atoms with van der Waals surface area (Å²) in [5.74, 6) is 0. The van der Waals surface area contributed by atoms with E-state index >= 15 is 0 Å². The van der Waals surface area contributed by atoms with E-state index in [2.05, 4.69) is 34.6 Å². The number of benzene rings is 1. The zero-order valence-corrected chi connectivity index (χ0v) is 14.8. The van der Waals surface area contributed by atoms with Crippen molar-refractivity contribution < 1.29 is 9.53 Å². The van der Waals surface area contributed by atoms with Crippen LogP contribution in [0, 0.1) is 0 Å². The lowest BCUT2D eigenvalue weighted by atomic mass is 10.1. The summed E-state index contributed by atoms with van der Waals surface area (Å²) in [6.45, 7) is 7.22. The van der Waals surface area contributed by atoms with Gasteiger partial charge in [0.25, 0.3) is 0 Å². The molecule has 0 aliphatic carbocycles. The standard InChI is InChI=1S/C19H27N3O2/c1-19(2,3)24-18(23)22-11-4-5-15(9-12-22)21-16-6-7-17-14(13-16)8-10-20-17/h6-8,10,13,15,20-21H,4-5,9,11-12H2,1-3H3. The number of carbonyl (C=O) groups is 1. The van der Waals surface area contributed by atoms with Crippen LogP contribution in [0.4, 0.5) is 10.5 Å². The highest BCUT2D eigenvalue weighted by Gasteiger charge is 2.25. The molecule has 1 atom stereocenters. The molecule has 2 N–H and O–H groups in total. The van der Waals surface area contributed by atoms with Crippen LogP contribution < -0.4 is 5.32 Å². The first kappa shape index (κ1) is 16.7. The number of H-pyrrole nitrogens is 1. The number of fused-ring (bicyclic) bond motifs is 1. The molecule has 24 heavy (non-hydrogen) atoms. The molecule has 2 heterocycles. The number of nitrogens with one attached hydrogen (secondary N) is 2. The molecule has 2 aromatic rings. The Morgan fingerprint density at radius 2 is 2.08 bits per heavy atom. The van der Waals surface area contributed by atoms with E-state index in [-0.39, 0.29) is 6.09 Å². The third-order valence-corrected chi connectivity index (χ3v) is 4.30. The van der Waals surface area contributed by atoms with E-state index in [1.807, 2.05) is 31.9 Å². The van der Waals surface area contributed by atoms with Gasteiger partial charge in [-0.05, 0) is 64.3 Å². The fourth-order valence-corrected chi connectivity index (χ4v) is 3.13. The van der Waals surface area contributed by atoms with E-state index < -0.39 is 5.60 Å². The van der Waals surface area contributed by atoms with Crippen molar-refractivity contribution >= 4 is 22.7 Å². The first-order valence-electron chi connectivity index (χ1n) is 8.72. The second-order valence-electron chi connectivity index (χ2n) is 7.52. The van der Waals surface area contributed by atoms with Crippen LogP contribution in [0.3, 0.4) is 0 Å². The Bertz CT molecular complexity index is 702. The lowest BCUT2D eigenvalue weighted by Gasteiger charge is -2.26. The van der Waals surface area contributed by atoms with Crippen molar-refractivity contribution in [1.82, 2.24) is 9.88 Å². The zero-order valence-electron chi connectivity index (χ0n) is 14.8. The Labute approximate surface area is 143 Å². The van der Waals surface area contributed by atoms with Crippen molar-refractivity contribution in [3.05, 3.63) is 30.5 Å². The molecule has 5 heteroatoms. The molecule has 3 rings (SSSR count). The van der Waals surface area contributed by atoms with E-state index in [4.69, 9.17) is 4.74 Å². The molecule has 0 bridgehead atoms. The normalized spacial score (nSPS) is 19.1. The number of aromatic nitrogens is 1. The summed E-state index contributed by atoms with van der Waals surface area (Å²) < 4.78 is 5.49. The molecule has 1 saturated heterocycles. The molecule has 0 saturated carbocycles. The van der Waals surface area contributed by atoms with Gasteiger partial charge in [-0.1, -0.05) is 0 Å². The fraction of sp³-hybridized carbons (Fsp3) is 0.526. The van der Waals surface area contributed by atoms with E-state index in [1.165, 1.54) is 5.39 Å². The molecular weight excluding hydrogens is 302 g/mol. The lowest BCUT2D eigenvalue weighted by Crippen LogP contribution is -2.37. The number of amides is 1. The predicted octanol–water partition coefficient (Wildman–Crippen LogP) is 4.37. The molecule has 1 unspecified atom stereocenters. The number of hydrogen-bond acceptors (Lipinski definition) is 3. The van der Waals surface area contributed by atoms with Gasteiger partial charge in [0.05, 0.1) is 0 Å². The van der Waals surface area contributed by atoms with E-state index in [0.29, 0.717) is 6.04 Å². The number of likely N-dealkylation sites (tertiary alicyclic amines) is 1. The van der Waals surface area contributed by atoms with Crippen molar-refractivity contribution in [1.29, 1.82) is 0 Å². The number of aromatic amines is 1. The van der Waals surface area contributed by atoms with Gasteiger partial charge in [0, 0.05) is 41.9 Å². The Morgan fingerprint density at radius 1 is 1.25 bits per heavy atom. The van der Waals surface area contributed by atoms with Gasteiger partial charge < -0.3 is 19.9 Å². The van der Waals surface area contributed by atoms with Crippen molar-refractivity contribution in [2.45, 2.75) is 51.7 Å². The fourth-order valence-electron chi connectivity index (χ4n) is 3.13. The van der Waals surface area contributed by atoms with Gasteiger partial charge in [0.2, 0.25) is 0 Å². The molecular formula is C19H27N3O2. The van der Waals surface area contributed by atoms with Crippen LogP contribution in [0.15, 0.2) is 30.5 Å². The van der Waals surface area contributed by atoms with Gasteiger partial charge in [-0.15, -0.1) is 0 Å². The number of anilines is 1. The van der Waals surface area contributed by atoms with Crippen LogP contribution in [0.2, 0.25) is 0 Å². The summed E-state index contributed by atoms with van der Waals surface area (Å²) in [6, 6.07) is 8.84. The van der Waals surface area contributed by atoms with E-state index in [1.54, 1.807) is 0 Å². The van der Waals surface area contributed by atoms with Crippen molar-refractivity contribution in [2.24, 2.45) is 0 Å². The smallest absolute Gasteiger partial charge is 0.410 e. The van der Waals surface area contributed by atoms with Crippen molar-refractivity contribution in [3.8, 4) is 0 Å². The average Bonchev–Trinajstić information content (AvgIpc) is 2.83. The van der Waals surface area contributed by atoms with Gasteiger partial charge in [-0.3, -0.25) is 0 Å². The number of carbonyl (C=O) groups excluding carboxylic acids is 1. The maximum absolute atomic E-state index is 12.2. The second-order valence-corrected chi connectivity index (χ2v) is 7.52. The zero-order chi connectivity index (χ0) is 17.2. The predicted molar refractivity (Wildman–Crippen MR) is 97.4 cm³/mol. The molecule has 1 amide bonds. The van der Waals surface area contributed by atoms with Crippen LogP contribution in [0.25, 0.3) is 10.9 Å². The summed E-state index contributed by atoms with van der Waals surface area (Å²) >= 11 is 0. The molecule has 1 fully saturated rings. The second kappa shape index (κ2) is 6.75. The largest absolute Gasteiger partial charge is 0.444 e. The highest BCUT2D eigenvalue weighted by molar-refractivity contribution is 5.83. The lowest BCUT2D eigenvalue weighted by molar-refractivity contribution is 0.0256. The number of nitrogens with zero attached hydrogens (tertiary/aromatic N) is 1. The Hall–Kier alpha value is -2.17. The van der Waals surface area contributed by atoms with Gasteiger partial charge in [-0.2, -0.15) is 0 Å². The molecule has 130 valence electrons. The van der Waals surface area contributed by atoms with Gasteiger partial charge >= 0.3 is 6.09 Å². The minimum Gasteiger partial charge on any atom is -0.444 e. The van der Waals surface area contributed by atoms with Crippen LogP contribution in [0.5, 0.6) is 0 Å². The number of rotatable bonds is 2. The van der Waals surface area contributed by atoms with Crippen molar-refractivity contribution in [3.63, 3.8) is 0 Å². The summed E-state index contributed by atoms with van der Waals surface area (Å²) in [5, 5.41) is 4.83. The van der Waals surface area contributed by atoms with Gasteiger partial charge in [0.15, 0.2) is 0 Å². The minimum atomic E-state index is -0.437. The van der Waals surface area contributed by atoms with Crippen LogP contribution in [0.1, 0.15) is 40.0 Å². The first-order valence-corrected chi connectivity index (χ1v) is 8.72. The maximum atomic E-state index is 12.2.